The van der Waals surface area contributed by atoms with Gasteiger partial charge in [0.25, 0.3) is 0 Å². The fourth-order valence-electron chi connectivity index (χ4n) is 1.76. The topological polar surface area (TPSA) is 58.2 Å². The Morgan fingerprint density at radius 2 is 1.71 bits per heavy atom. The summed E-state index contributed by atoms with van der Waals surface area (Å²) in [4.78, 5) is 23.4. The highest BCUT2D eigenvalue weighted by molar-refractivity contribution is 5.90. The number of carbonyl (C=O) groups is 2. The SMILES string of the molecule is CCc1ccc(NC(=O)CCCNC(=O)C(C)(C)C)cc1. The van der Waals surface area contributed by atoms with Crippen LogP contribution in [-0.2, 0) is 16.0 Å². The molecular formula is C17H26N2O2. The summed E-state index contributed by atoms with van der Waals surface area (Å²) in [6.45, 7) is 8.23. The molecule has 0 bridgehead atoms. The molecule has 0 aliphatic heterocycles. The second-order valence-electron chi connectivity index (χ2n) is 6.21. The number of anilines is 1. The Morgan fingerprint density at radius 1 is 1.10 bits per heavy atom. The van der Waals surface area contributed by atoms with Gasteiger partial charge >= 0.3 is 0 Å². The van der Waals surface area contributed by atoms with Crippen LogP contribution in [0.3, 0.4) is 0 Å². The minimum Gasteiger partial charge on any atom is -0.356 e. The van der Waals surface area contributed by atoms with E-state index >= 15 is 0 Å². The Morgan fingerprint density at radius 3 is 2.24 bits per heavy atom. The number of aryl methyl sites for hydroxylation is 1. The number of rotatable bonds is 6. The summed E-state index contributed by atoms with van der Waals surface area (Å²) in [7, 11) is 0. The van der Waals surface area contributed by atoms with E-state index in [1.165, 1.54) is 5.56 Å². The van der Waals surface area contributed by atoms with Gasteiger partial charge in [-0.05, 0) is 30.5 Å². The summed E-state index contributed by atoms with van der Waals surface area (Å²) in [6.07, 6.45) is 2.03. The summed E-state index contributed by atoms with van der Waals surface area (Å²) in [5.74, 6) is -0.0117. The molecule has 2 N–H and O–H groups in total. The van der Waals surface area contributed by atoms with Gasteiger partial charge in [-0.1, -0.05) is 39.8 Å². The Labute approximate surface area is 127 Å². The van der Waals surface area contributed by atoms with Gasteiger partial charge in [-0.2, -0.15) is 0 Å². The van der Waals surface area contributed by atoms with Crippen LogP contribution in [0.15, 0.2) is 24.3 Å². The minimum absolute atomic E-state index is 0.0121. The van der Waals surface area contributed by atoms with E-state index in [1.54, 1.807) is 0 Å². The summed E-state index contributed by atoms with van der Waals surface area (Å²) in [5.41, 5.74) is 1.68. The van der Waals surface area contributed by atoms with Crippen molar-refractivity contribution in [3.05, 3.63) is 29.8 Å². The van der Waals surface area contributed by atoms with Crippen molar-refractivity contribution in [1.29, 1.82) is 0 Å². The Hall–Kier alpha value is -1.84. The number of hydrogen-bond acceptors (Lipinski definition) is 2. The first kappa shape index (κ1) is 17.2. The van der Waals surface area contributed by atoms with Gasteiger partial charge in [0.2, 0.25) is 11.8 Å². The minimum atomic E-state index is -0.386. The molecule has 116 valence electrons. The van der Waals surface area contributed by atoms with E-state index < -0.39 is 0 Å². The van der Waals surface area contributed by atoms with Gasteiger partial charge in [-0.15, -0.1) is 0 Å². The molecule has 4 heteroatoms. The molecule has 0 fully saturated rings. The van der Waals surface area contributed by atoms with Crippen LogP contribution < -0.4 is 10.6 Å². The van der Waals surface area contributed by atoms with Crippen molar-refractivity contribution in [2.24, 2.45) is 5.41 Å². The molecular weight excluding hydrogens is 264 g/mol. The standard InChI is InChI=1S/C17H26N2O2/c1-5-13-8-10-14(11-9-13)19-15(20)7-6-12-18-16(21)17(2,3)4/h8-11H,5-7,12H2,1-4H3,(H,18,21)(H,19,20). The van der Waals surface area contributed by atoms with Crippen LogP contribution in [0.4, 0.5) is 5.69 Å². The normalized spacial score (nSPS) is 11.0. The van der Waals surface area contributed by atoms with Crippen molar-refractivity contribution in [3.63, 3.8) is 0 Å². The summed E-state index contributed by atoms with van der Waals surface area (Å²) in [5, 5.41) is 5.70. The van der Waals surface area contributed by atoms with Crippen molar-refractivity contribution >= 4 is 17.5 Å². The zero-order valence-corrected chi connectivity index (χ0v) is 13.5. The van der Waals surface area contributed by atoms with E-state index in [-0.39, 0.29) is 17.2 Å². The lowest BCUT2D eigenvalue weighted by atomic mass is 9.96. The predicted octanol–water partition coefficient (Wildman–Crippen LogP) is 3.13. The van der Waals surface area contributed by atoms with Crippen LogP contribution in [0.5, 0.6) is 0 Å². The van der Waals surface area contributed by atoms with Crippen LogP contribution in [0.25, 0.3) is 0 Å². The smallest absolute Gasteiger partial charge is 0.225 e. The molecule has 0 aliphatic carbocycles. The van der Waals surface area contributed by atoms with E-state index in [4.69, 9.17) is 0 Å². The number of nitrogens with one attached hydrogen (secondary N) is 2. The van der Waals surface area contributed by atoms with Crippen molar-refractivity contribution in [2.45, 2.75) is 47.0 Å². The summed E-state index contributed by atoms with van der Waals surface area (Å²) < 4.78 is 0. The first-order valence-corrected chi connectivity index (χ1v) is 7.50. The first-order chi connectivity index (χ1) is 9.82. The second kappa shape index (κ2) is 7.81. The molecule has 0 heterocycles. The number of carbonyl (C=O) groups excluding carboxylic acids is 2. The number of benzene rings is 1. The van der Waals surface area contributed by atoms with E-state index in [0.29, 0.717) is 19.4 Å². The summed E-state index contributed by atoms with van der Waals surface area (Å²) >= 11 is 0. The maximum absolute atomic E-state index is 11.8. The van der Waals surface area contributed by atoms with E-state index in [2.05, 4.69) is 17.6 Å². The molecule has 1 aromatic rings. The molecule has 0 saturated carbocycles. The molecule has 2 amide bonds. The van der Waals surface area contributed by atoms with Crippen LogP contribution >= 0.6 is 0 Å². The lowest BCUT2D eigenvalue weighted by molar-refractivity contribution is -0.128. The molecule has 0 spiro atoms. The lowest BCUT2D eigenvalue weighted by Crippen LogP contribution is -2.35. The van der Waals surface area contributed by atoms with Crippen LogP contribution in [-0.4, -0.2) is 18.4 Å². The molecule has 0 aromatic heterocycles. The van der Waals surface area contributed by atoms with Crippen molar-refractivity contribution in [2.75, 3.05) is 11.9 Å². The predicted molar refractivity (Wildman–Crippen MR) is 86.1 cm³/mol. The third-order valence-electron chi connectivity index (χ3n) is 3.19. The van der Waals surface area contributed by atoms with Crippen molar-refractivity contribution < 1.29 is 9.59 Å². The molecule has 0 radical (unpaired) electrons. The Balaban J connectivity index is 2.26. The van der Waals surface area contributed by atoms with Crippen molar-refractivity contribution in [3.8, 4) is 0 Å². The van der Waals surface area contributed by atoms with Gasteiger partial charge in [-0.25, -0.2) is 0 Å². The van der Waals surface area contributed by atoms with E-state index in [0.717, 1.165) is 12.1 Å². The first-order valence-electron chi connectivity index (χ1n) is 7.50. The van der Waals surface area contributed by atoms with Gasteiger partial charge in [0.15, 0.2) is 0 Å². The molecule has 0 saturated heterocycles. The van der Waals surface area contributed by atoms with E-state index in [9.17, 15) is 9.59 Å². The maximum Gasteiger partial charge on any atom is 0.225 e. The largest absolute Gasteiger partial charge is 0.356 e. The fourth-order valence-corrected chi connectivity index (χ4v) is 1.76. The van der Waals surface area contributed by atoms with Gasteiger partial charge in [-0.3, -0.25) is 9.59 Å². The third kappa shape index (κ3) is 6.43. The molecule has 21 heavy (non-hydrogen) atoms. The maximum atomic E-state index is 11.8. The highest BCUT2D eigenvalue weighted by atomic mass is 16.2. The van der Waals surface area contributed by atoms with Gasteiger partial charge in [0.05, 0.1) is 0 Å². The lowest BCUT2D eigenvalue weighted by Gasteiger charge is -2.17. The Kier molecular flexibility index (Phi) is 6.40. The van der Waals surface area contributed by atoms with Gasteiger partial charge in [0, 0.05) is 24.1 Å². The molecule has 0 aliphatic rings. The van der Waals surface area contributed by atoms with Crippen LogP contribution in [0, 0.1) is 5.41 Å². The van der Waals surface area contributed by atoms with Crippen molar-refractivity contribution in [1.82, 2.24) is 5.32 Å². The van der Waals surface area contributed by atoms with E-state index in [1.807, 2.05) is 45.0 Å². The quantitative estimate of drug-likeness (QED) is 0.791. The molecule has 1 rings (SSSR count). The van der Waals surface area contributed by atoms with Crippen LogP contribution in [0.2, 0.25) is 0 Å². The Bertz CT molecular complexity index is 473. The van der Waals surface area contributed by atoms with Crippen LogP contribution in [0.1, 0.15) is 46.1 Å². The van der Waals surface area contributed by atoms with Gasteiger partial charge < -0.3 is 10.6 Å². The van der Waals surface area contributed by atoms with Gasteiger partial charge in [0.1, 0.15) is 0 Å². The number of amides is 2. The average Bonchev–Trinajstić information content (AvgIpc) is 2.43. The third-order valence-corrected chi connectivity index (χ3v) is 3.19. The fraction of sp³-hybridized carbons (Fsp3) is 0.529. The second-order valence-corrected chi connectivity index (χ2v) is 6.21. The highest BCUT2D eigenvalue weighted by Gasteiger charge is 2.20. The highest BCUT2D eigenvalue weighted by Crippen LogP contribution is 2.12. The number of hydrogen-bond donors (Lipinski definition) is 2. The zero-order valence-electron chi connectivity index (χ0n) is 13.5. The molecule has 4 nitrogen and oxygen atoms in total. The average molecular weight is 290 g/mol. The molecule has 0 unspecified atom stereocenters. The zero-order chi connectivity index (χ0) is 15.9. The molecule has 0 atom stereocenters. The molecule has 1 aromatic carbocycles. The monoisotopic (exact) mass is 290 g/mol. The summed E-state index contributed by atoms with van der Waals surface area (Å²) in [6, 6.07) is 7.86.